The fourth-order valence-electron chi connectivity index (χ4n) is 2.05. The maximum Gasteiger partial charge on any atom is 0.306 e. The van der Waals surface area contributed by atoms with E-state index < -0.39 is 0 Å². The Kier molecular flexibility index (Phi) is 6.83. The van der Waals surface area contributed by atoms with Gasteiger partial charge in [-0.1, -0.05) is 30.3 Å². The lowest BCUT2D eigenvalue weighted by molar-refractivity contribution is -0.144. The maximum absolute atomic E-state index is 11.8. The van der Waals surface area contributed by atoms with Gasteiger partial charge in [0.1, 0.15) is 12.4 Å². The van der Waals surface area contributed by atoms with Crippen LogP contribution < -0.4 is 10.1 Å². The smallest absolute Gasteiger partial charge is 0.306 e. The zero-order chi connectivity index (χ0) is 17.2. The van der Waals surface area contributed by atoms with Crippen LogP contribution in [-0.4, -0.2) is 18.5 Å². The SMILES string of the molecule is CCOC(=O)CCC(=O)Nc1ccc(OCc2ccccc2)cc1. The summed E-state index contributed by atoms with van der Waals surface area (Å²) in [5.74, 6) is 0.140. The van der Waals surface area contributed by atoms with Gasteiger partial charge in [-0.2, -0.15) is 0 Å². The summed E-state index contributed by atoms with van der Waals surface area (Å²) >= 11 is 0. The number of hydrogen-bond acceptors (Lipinski definition) is 4. The zero-order valence-corrected chi connectivity index (χ0v) is 13.7. The predicted octanol–water partition coefficient (Wildman–Crippen LogP) is 3.55. The summed E-state index contributed by atoms with van der Waals surface area (Å²) in [5, 5.41) is 2.74. The number of nitrogens with one attached hydrogen (secondary N) is 1. The molecule has 126 valence electrons. The summed E-state index contributed by atoms with van der Waals surface area (Å²) < 4.78 is 10.5. The van der Waals surface area contributed by atoms with Crippen molar-refractivity contribution in [3.8, 4) is 5.75 Å². The first-order valence-electron chi connectivity index (χ1n) is 7.89. The lowest BCUT2D eigenvalue weighted by Crippen LogP contribution is -2.14. The van der Waals surface area contributed by atoms with Crippen LogP contribution in [0.3, 0.4) is 0 Å². The third-order valence-corrected chi connectivity index (χ3v) is 3.25. The molecule has 0 aliphatic heterocycles. The van der Waals surface area contributed by atoms with Gasteiger partial charge in [0.15, 0.2) is 0 Å². The highest BCUT2D eigenvalue weighted by molar-refractivity contribution is 5.92. The molecule has 0 aliphatic carbocycles. The molecule has 0 aromatic heterocycles. The highest BCUT2D eigenvalue weighted by Gasteiger charge is 2.08. The van der Waals surface area contributed by atoms with Crippen molar-refractivity contribution in [1.82, 2.24) is 0 Å². The van der Waals surface area contributed by atoms with Gasteiger partial charge >= 0.3 is 5.97 Å². The van der Waals surface area contributed by atoms with Crippen molar-refractivity contribution in [3.63, 3.8) is 0 Å². The molecule has 5 heteroatoms. The number of amides is 1. The Morgan fingerprint density at radius 2 is 1.67 bits per heavy atom. The monoisotopic (exact) mass is 327 g/mol. The van der Waals surface area contributed by atoms with Gasteiger partial charge in [-0.3, -0.25) is 9.59 Å². The van der Waals surface area contributed by atoms with Crippen LogP contribution in [0.25, 0.3) is 0 Å². The van der Waals surface area contributed by atoms with Crippen LogP contribution in [0.1, 0.15) is 25.3 Å². The Morgan fingerprint density at radius 3 is 2.33 bits per heavy atom. The number of anilines is 1. The average molecular weight is 327 g/mol. The second-order valence-corrected chi connectivity index (χ2v) is 5.15. The minimum atomic E-state index is -0.364. The zero-order valence-electron chi connectivity index (χ0n) is 13.7. The fraction of sp³-hybridized carbons (Fsp3) is 0.263. The molecule has 0 atom stereocenters. The van der Waals surface area contributed by atoms with E-state index in [0.29, 0.717) is 18.9 Å². The molecular weight excluding hydrogens is 306 g/mol. The van der Waals surface area contributed by atoms with Gasteiger partial charge in [0.05, 0.1) is 13.0 Å². The van der Waals surface area contributed by atoms with E-state index >= 15 is 0 Å². The van der Waals surface area contributed by atoms with Gasteiger partial charge in [-0.05, 0) is 36.8 Å². The fourth-order valence-corrected chi connectivity index (χ4v) is 2.05. The van der Waals surface area contributed by atoms with E-state index in [9.17, 15) is 9.59 Å². The molecule has 0 unspecified atom stereocenters. The molecule has 0 aliphatic rings. The standard InChI is InChI=1S/C19H21NO4/c1-2-23-19(22)13-12-18(21)20-16-8-10-17(11-9-16)24-14-15-6-4-3-5-7-15/h3-11H,2,12-14H2,1H3,(H,20,21). The van der Waals surface area contributed by atoms with Crippen molar-refractivity contribution in [2.24, 2.45) is 0 Å². The van der Waals surface area contributed by atoms with Crippen molar-refractivity contribution in [1.29, 1.82) is 0 Å². The molecule has 0 spiro atoms. The molecule has 2 aromatic carbocycles. The minimum Gasteiger partial charge on any atom is -0.489 e. The molecule has 0 saturated carbocycles. The van der Waals surface area contributed by atoms with Crippen LogP contribution in [0.4, 0.5) is 5.69 Å². The van der Waals surface area contributed by atoms with E-state index in [1.165, 1.54) is 0 Å². The number of benzene rings is 2. The van der Waals surface area contributed by atoms with E-state index in [1.54, 1.807) is 31.2 Å². The molecule has 5 nitrogen and oxygen atoms in total. The second-order valence-electron chi connectivity index (χ2n) is 5.15. The highest BCUT2D eigenvalue weighted by Crippen LogP contribution is 2.17. The van der Waals surface area contributed by atoms with Crippen molar-refractivity contribution < 1.29 is 19.1 Å². The lowest BCUT2D eigenvalue weighted by atomic mass is 10.2. The predicted molar refractivity (Wildman–Crippen MR) is 91.7 cm³/mol. The molecule has 0 saturated heterocycles. The number of esters is 1. The average Bonchev–Trinajstić information content (AvgIpc) is 2.61. The van der Waals surface area contributed by atoms with Crippen molar-refractivity contribution in [2.75, 3.05) is 11.9 Å². The Bertz CT molecular complexity index is 653. The first-order valence-corrected chi connectivity index (χ1v) is 7.89. The van der Waals surface area contributed by atoms with Crippen LogP contribution in [0.15, 0.2) is 54.6 Å². The van der Waals surface area contributed by atoms with Gasteiger partial charge in [-0.15, -0.1) is 0 Å². The van der Waals surface area contributed by atoms with Crippen molar-refractivity contribution in [3.05, 3.63) is 60.2 Å². The first kappa shape index (κ1) is 17.5. The molecular formula is C19H21NO4. The minimum absolute atomic E-state index is 0.0813. The normalized spacial score (nSPS) is 10.0. The maximum atomic E-state index is 11.8. The largest absolute Gasteiger partial charge is 0.489 e. The molecule has 0 heterocycles. The number of rotatable bonds is 8. The second kappa shape index (κ2) is 9.35. The molecule has 0 fully saturated rings. The molecule has 1 amide bonds. The summed E-state index contributed by atoms with van der Waals surface area (Å²) in [6.45, 7) is 2.55. The number of carbonyl (C=O) groups excluding carboxylic acids is 2. The number of hydrogen-bond donors (Lipinski definition) is 1. The first-order chi connectivity index (χ1) is 11.7. The third kappa shape index (κ3) is 6.12. The molecule has 2 rings (SSSR count). The van der Waals surface area contributed by atoms with Crippen LogP contribution in [0.5, 0.6) is 5.75 Å². The van der Waals surface area contributed by atoms with E-state index in [-0.39, 0.29) is 24.7 Å². The lowest BCUT2D eigenvalue weighted by Gasteiger charge is -2.08. The summed E-state index contributed by atoms with van der Waals surface area (Å²) in [6.07, 6.45) is 0.184. The third-order valence-electron chi connectivity index (χ3n) is 3.25. The van der Waals surface area contributed by atoms with E-state index in [4.69, 9.17) is 9.47 Å². The summed E-state index contributed by atoms with van der Waals surface area (Å²) in [5.41, 5.74) is 1.75. The Hall–Kier alpha value is -2.82. The molecule has 24 heavy (non-hydrogen) atoms. The van der Waals surface area contributed by atoms with E-state index in [2.05, 4.69) is 5.32 Å². The molecule has 0 bridgehead atoms. The van der Waals surface area contributed by atoms with Crippen molar-refractivity contribution >= 4 is 17.6 Å². The number of ether oxygens (including phenoxy) is 2. The van der Waals surface area contributed by atoms with Gasteiger partial charge in [-0.25, -0.2) is 0 Å². The Morgan fingerprint density at radius 1 is 0.958 bits per heavy atom. The molecule has 1 N–H and O–H groups in total. The van der Waals surface area contributed by atoms with Crippen LogP contribution in [0.2, 0.25) is 0 Å². The summed E-state index contributed by atoms with van der Waals surface area (Å²) in [4.78, 5) is 23.0. The van der Waals surface area contributed by atoms with E-state index in [0.717, 1.165) is 11.3 Å². The van der Waals surface area contributed by atoms with Gasteiger partial charge in [0.25, 0.3) is 0 Å². The van der Waals surface area contributed by atoms with Gasteiger partial charge in [0.2, 0.25) is 5.91 Å². The van der Waals surface area contributed by atoms with Crippen LogP contribution in [0, 0.1) is 0 Å². The summed E-state index contributed by atoms with van der Waals surface area (Å²) in [6, 6.07) is 17.0. The van der Waals surface area contributed by atoms with Gasteiger partial charge in [0, 0.05) is 12.1 Å². The quantitative estimate of drug-likeness (QED) is 0.753. The molecule has 2 aromatic rings. The van der Waals surface area contributed by atoms with Gasteiger partial charge < -0.3 is 14.8 Å². The van der Waals surface area contributed by atoms with Crippen molar-refractivity contribution in [2.45, 2.75) is 26.4 Å². The van der Waals surface area contributed by atoms with Crippen LogP contribution in [-0.2, 0) is 20.9 Å². The molecule has 0 radical (unpaired) electrons. The number of carbonyl (C=O) groups is 2. The summed E-state index contributed by atoms with van der Waals surface area (Å²) in [7, 11) is 0. The van der Waals surface area contributed by atoms with Crippen LogP contribution >= 0.6 is 0 Å². The Labute approximate surface area is 141 Å². The highest BCUT2D eigenvalue weighted by atomic mass is 16.5. The topological polar surface area (TPSA) is 64.6 Å². The Balaban J connectivity index is 1.77. The van der Waals surface area contributed by atoms with E-state index in [1.807, 2.05) is 30.3 Å².